The van der Waals surface area contributed by atoms with Crippen molar-refractivity contribution in [2.75, 3.05) is 0 Å². The van der Waals surface area contributed by atoms with Crippen LogP contribution in [0.4, 0.5) is 0 Å². The molecule has 0 saturated heterocycles. The number of aryl methyl sites for hydroxylation is 2. The van der Waals surface area contributed by atoms with Gasteiger partial charge in [0.15, 0.2) is 5.69 Å². The van der Waals surface area contributed by atoms with Crippen molar-refractivity contribution in [3.8, 4) is 11.5 Å². The van der Waals surface area contributed by atoms with Gasteiger partial charge >= 0.3 is 0 Å². The summed E-state index contributed by atoms with van der Waals surface area (Å²) < 4.78 is 15.3. The van der Waals surface area contributed by atoms with Crippen molar-refractivity contribution in [2.24, 2.45) is 7.05 Å². The Bertz CT molecular complexity index is 796. The molecule has 3 rings (SSSR count). The Morgan fingerprint density at radius 2 is 1.52 bits per heavy atom. The summed E-state index contributed by atoms with van der Waals surface area (Å²) in [5.74, 6) is 1.28. The SMILES string of the molecule is CCCCn1cc[n+](C)c1.S=P([S-])(Oc1ccccc1)Oc1ccccc1. The molecule has 27 heavy (non-hydrogen) atoms. The fourth-order valence-electron chi connectivity index (χ4n) is 2.21. The fourth-order valence-corrected chi connectivity index (χ4v) is 4.04. The van der Waals surface area contributed by atoms with E-state index in [4.69, 9.17) is 33.1 Å². The standard InChI is InChI=1S/C12H11O2PS2.C8H15N2/c16-15(17,13-11-7-3-1-4-8-11)14-12-9-5-2-6-10-12;1-3-4-5-10-7-6-9(2)8-10/h1-10H,(H,16,17);6-8H,3-5H2,1-2H3/q;+1/p-1. The van der Waals surface area contributed by atoms with Crippen LogP contribution in [0.1, 0.15) is 19.8 Å². The molecule has 4 nitrogen and oxygen atoms in total. The van der Waals surface area contributed by atoms with E-state index in [-0.39, 0.29) is 0 Å². The van der Waals surface area contributed by atoms with Crippen LogP contribution in [0.2, 0.25) is 0 Å². The Morgan fingerprint density at radius 3 is 1.93 bits per heavy atom. The molecule has 3 aromatic rings. The molecule has 1 aromatic heterocycles. The van der Waals surface area contributed by atoms with Gasteiger partial charge in [0.05, 0.1) is 13.6 Å². The molecule has 0 aliphatic heterocycles. The Balaban J connectivity index is 0.000000223. The molecule has 0 spiro atoms. The van der Waals surface area contributed by atoms with Crippen LogP contribution < -0.4 is 13.6 Å². The van der Waals surface area contributed by atoms with E-state index < -0.39 is 5.69 Å². The first kappa shape index (κ1) is 21.5. The van der Waals surface area contributed by atoms with Gasteiger partial charge in [0.1, 0.15) is 23.9 Å². The van der Waals surface area contributed by atoms with Gasteiger partial charge in [-0.1, -0.05) is 49.7 Å². The summed E-state index contributed by atoms with van der Waals surface area (Å²) >= 11 is 10.4. The van der Waals surface area contributed by atoms with Crippen LogP contribution in [0.3, 0.4) is 0 Å². The monoisotopic (exact) mass is 420 g/mol. The molecular formula is C20H25N2O2PS2. The molecule has 0 amide bonds. The number of rotatable bonds is 7. The van der Waals surface area contributed by atoms with Gasteiger partial charge < -0.3 is 21.3 Å². The molecule has 0 aliphatic rings. The average Bonchev–Trinajstić information content (AvgIpc) is 3.07. The van der Waals surface area contributed by atoms with E-state index in [1.54, 1.807) is 0 Å². The summed E-state index contributed by atoms with van der Waals surface area (Å²) in [7, 11) is 2.04. The molecule has 0 radical (unpaired) electrons. The van der Waals surface area contributed by atoms with Gasteiger partial charge in [-0.3, -0.25) is 0 Å². The Morgan fingerprint density at radius 1 is 1.00 bits per heavy atom. The van der Waals surface area contributed by atoms with Gasteiger partial charge in [0, 0.05) is 0 Å². The minimum atomic E-state index is -2.72. The van der Waals surface area contributed by atoms with Crippen LogP contribution in [0, 0.1) is 0 Å². The Hall–Kier alpha value is -1.75. The van der Waals surface area contributed by atoms with Crippen molar-refractivity contribution in [3.63, 3.8) is 0 Å². The molecule has 0 aliphatic carbocycles. The zero-order valence-electron chi connectivity index (χ0n) is 15.6. The van der Waals surface area contributed by atoms with Crippen molar-refractivity contribution in [3.05, 3.63) is 79.4 Å². The van der Waals surface area contributed by atoms with Gasteiger partial charge in [-0.2, -0.15) is 0 Å². The second-order valence-electron chi connectivity index (χ2n) is 5.93. The largest absolute Gasteiger partial charge is 0.665 e. The number of nitrogens with zero attached hydrogens (tertiary/aromatic N) is 2. The molecule has 144 valence electrons. The predicted molar refractivity (Wildman–Crippen MR) is 116 cm³/mol. The number of imidazole rings is 1. The summed E-state index contributed by atoms with van der Waals surface area (Å²) in [6.45, 7) is 3.36. The third kappa shape index (κ3) is 8.65. The van der Waals surface area contributed by atoms with Crippen molar-refractivity contribution in [2.45, 2.75) is 26.3 Å². The lowest BCUT2D eigenvalue weighted by molar-refractivity contribution is -0.671. The van der Waals surface area contributed by atoms with Crippen molar-refractivity contribution >= 4 is 29.7 Å². The third-order valence-electron chi connectivity index (χ3n) is 3.51. The highest BCUT2D eigenvalue weighted by Crippen LogP contribution is 2.46. The number of aromatic nitrogens is 2. The smallest absolute Gasteiger partial charge is 0.243 e. The maximum absolute atomic E-state index is 5.52. The number of hydrogen-bond donors (Lipinski definition) is 0. The minimum absolute atomic E-state index is 0.641. The van der Waals surface area contributed by atoms with Crippen LogP contribution in [-0.2, 0) is 37.6 Å². The highest BCUT2D eigenvalue weighted by Gasteiger charge is 2.05. The molecular weight excluding hydrogens is 395 g/mol. The molecule has 7 heteroatoms. The first-order chi connectivity index (χ1) is 13.0. The molecule has 0 atom stereocenters. The number of para-hydroxylation sites is 2. The van der Waals surface area contributed by atoms with Crippen molar-refractivity contribution < 1.29 is 13.6 Å². The third-order valence-corrected chi connectivity index (χ3v) is 5.28. The summed E-state index contributed by atoms with van der Waals surface area (Å²) in [5.41, 5.74) is -2.72. The Labute approximate surface area is 172 Å². The minimum Gasteiger partial charge on any atom is -0.665 e. The number of unbranched alkanes of at least 4 members (excludes halogenated alkanes) is 1. The molecule has 0 bridgehead atoms. The lowest BCUT2D eigenvalue weighted by atomic mass is 10.3. The van der Waals surface area contributed by atoms with E-state index in [1.807, 2.05) is 67.7 Å². The number of benzene rings is 2. The van der Waals surface area contributed by atoms with Gasteiger partial charge in [-0.05, 0) is 42.5 Å². The summed E-state index contributed by atoms with van der Waals surface area (Å²) in [6.07, 6.45) is 8.82. The van der Waals surface area contributed by atoms with E-state index in [2.05, 4.69) is 34.8 Å². The van der Waals surface area contributed by atoms with Gasteiger partial charge in [-0.25, -0.2) is 9.13 Å². The second kappa shape index (κ2) is 11.2. The average molecular weight is 421 g/mol. The van der Waals surface area contributed by atoms with E-state index in [9.17, 15) is 0 Å². The van der Waals surface area contributed by atoms with Gasteiger partial charge in [0.25, 0.3) is 0 Å². The predicted octanol–water partition coefficient (Wildman–Crippen LogP) is 5.03. The van der Waals surface area contributed by atoms with Gasteiger partial charge in [-0.15, -0.1) is 0 Å². The van der Waals surface area contributed by atoms with Crippen molar-refractivity contribution in [1.82, 2.24) is 4.57 Å². The van der Waals surface area contributed by atoms with Crippen LogP contribution in [-0.4, -0.2) is 4.57 Å². The van der Waals surface area contributed by atoms with Crippen LogP contribution in [0.25, 0.3) is 0 Å². The van der Waals surface area contributed by atoms with Gasteiger partial charge in [0.2, 0.25) is 6.33 Å². The zero-order valence-corrected chi connectivity index (χ0v) is 18.1. The number of hydrogen-bond acceptors (Lipinski definition) is 4. The second-order valence-corrected chi connectivity index (χ2v) is 10.8. The summed E-state index contributed by atoms with van der Waals surface area (Å²) in [5, 5.41) is 0. The van der Waals surface area contributed by atoms with E-state index in [0.29, 0.717) is 11.5 Å². The highest BCUT2D eigenvalue weighted by molar-refractivity contribution is 8.51. The topological polar surface area (TPSA) is 27.3 Å². The first-order valence-corrected chi connectivity index (χ1v) is 12.4. The molecule has 0 unspecified atom stereocenters. The maximum Gasteiger partial charge on any atom is 0.243 e. The van der Waals surface area contributed by atoms with Crippen LogP contribution in [0.5, 0.6) is 11.5 Å². The quantitative estimate of drug-likeness (QED) is 0.304. The maximum atomic E-state index is 5.52. The zero-order chi connectivity index (χ0) is 19.5. The summed E-state index contributed by atoms with van der Waals surface area (Å²) in [6, 6.07) is 18.5. The normalized spacial score (nSPS) is 10.6. The van der Waals surface area contributed by atoms with Crippen molar-refractivity contribution in [1.29, 1.82) is 0 Å². The molecule has 0 fully saturated rings. The molecule has 0 saturated carbocycles. The van der Waals surface area contributed by atoms with Crippen LogP contribution in [0.15, 0.2) is 79.4 Å². The molecule has 0 N–H and O–H groups in total. The molecule has 1 heterocycles. The van der Waals surface area contributed by atoms with E-state index >= 15 is 0 Å². The van der Waals surface area contributed by atoms with Crippen LogP contribution >= 0.6 is 5.69 Å². The Kier molecular flexibility index (Phi) is 8.92. The summed E-state index contributed by atoms with van der Waals surface area (Å²) in [4.78, 5) is 0. The van der Waals surface area contributed by atoms with E-state index in [1.165, 1.54) is 12.8 Å². The highest BCUT2D eigenvalue weighted by atomic mass is 32.9. The van der Waals surface area contributed by atoms with E-state index in [0.717, 1.165) is 6.54 Å². The molecule has 2 aromatic carbocycles. The lowest BCUT2D eigenvalue weighted by Crippen LogP contribution is -2.23. The lowest BCUT2D eigenvalue weighted by Gasteiger charge is -2.29. The fraction of sp³-hybridized carbons (Fsp3) is 0.250. The first-order valence-electron chi connectivity index (χ1n) is 8.80.